The fourth-order valence-electron chi connectivity index (χ4n) is 2.59. The van der Waals surface area contributed by atoms with E-state index in [1.165, 1.54) is 6.33 Å². The highest BCUT2D eigenvalue weighted by Crippen LogP contribution is 2.63. The summed E-state index contributed by atoms with van der Waals surface area (Å²) in [6.45, 7) is 11.2. The highest BCUT2D eigenvalue weighted by molar-refractivity contribution is 5.57. The molecule has 17 heavy (non-hydrogen) atoms. The van der Waals surface area contributed by atoms with Crippen LogP contribution in [0.4, 0.5) is 11.6 Å². The van der Waals surface area contributed by atoms with Gasteiger partial charge in [-0.1, -0.05) is 34.6 Å². The molecule has 1 fully saturated rings. The molecule has 4 nitrogen and oxygen atoms in total. The van der Waals surface area contributed by atoms with Gasteiger partial charge in [0.2, 0.25) is 0 Å². The first-order valence-corrected chi connectivity index (χ1v) is 6.18. The van der Waals surface area contributed by atoms with Gasteiger partial charge in [0.15, 0.2) is 0 Å². The lowest BCUT2D eigenvalue weighted by molar-refractivity contribution is 0.457. The van der Waals surface area contributed by atoms with E-state index in [1.54, 1.807) is 0 Å². The predicted octanol–water partition coefficient (Wildman–Crippen LogP) is 2.47. The average molecular weight is 234 g/mol. The summed E-state index contributed by atoms with van der Waals surface area (Å²) in [5.74, 6) is 1.48. The normalized spacial score (nSPS) is 21.2. The van der Waals surface area contributed by atoms with E-state index in [1.807, 2.05) is 0 Å². The van der Waals surface area contributed by atoms with Crippen LogP contribution in [0.1, 0.15) is 40.2 Å². The van der Waals surface area contributed by atoms with E-state index in [-0.39, 0.29) is 10.8 Å². The van der Waals surface area contributed by atoms with E-state index in [4.69, 9.17) is 5.73 Å². The number of aromatic nitrogens is 2. The first kappa shape index (κ1) is 12.1. The Morgan fingerprint density at radius 3 is 2.29 bits per heavy atom. The molecule has 94 valence electrons. The molecular weight excluding hydrogens is 212 g/mol. The van der Waals surface area contributed by atoms with Crippen molar-refractivity contribution >= 4 is 11.6 Å². The summed E-state index contributed by atoms with van der Waals surface area (Å²) in [6, 6.07) is 0.439. The van der Waals surface area contributed by atoms with Crippen LogP contribution in [0.15, 0.2) is 6.33 Å². The standard InChI is InChI=1S/C13H22N4/c1-6-8-9(14)15-7-16-10(8)17-11-12(2,3)13(11,4)5/h7,11H,6H2,1-5H3,(H3,14,15,16,17). The van der Waals surface area contributed by atoms with Crippen LogP contribution in [0.5, 0.6) is 0 Å². The van der Waals surface area contributed by atoms with Crippen molar-refractivity contribution in [2.24, 2.45) is 10.8 Å². The molecule has 4 heteroatoms. The molecule has 0 amide bonds. The van der Waals surface area contributed by atoms with Crippen LogP contribution in [0.3, 0.4) is 0 Å². The van der Waals surface area contributed by atoms with Crippen molar-refractivity contribution < 1.29 is 0 Å². The van der Waals surface area contributed by atoms with Gasteiger partial charge in [-0.25, -0.2) is 9.97 Å². The largest absolute Gasteiger partial charge is 0.383 e. The van der Waals surface area contributed by atoms with Crippen LogP contribution in [0.2, 0.25) is 0 Å². The molecule has 0 bridgehead atoms. The first-order valence-electron chi connectivity index (χ1n) is 6.18. The molecule has 1 saturated carbocycles. The first-order chi connectivity index (χ1) is 7.82. The van der Waals surface area contributed by atoms with Crippen molar-refractivity contribution in [3.8, 4) is 0 Å². The Kier molecular flexibility index (Phi) is 2.56. The maximum Gasteiger partial charge on any atom is 0.134 e. The van der Waals surface area contributed by atoms with Gasteiger partial charge in [-0.3, -0.25) is 0 Å². The maximum atomic E-state index is 5.87. The molecule has 1 aromatic rings. The van der Waals surface area contributed by atoms with Gasteiger partial charge < -0.3 is 11.1 Å². The van der Waals surface area contributed by atoms with Gasteiger partial charge in [0, 0.05) is 11.6 Å². The number of rotatable bonds is 3. The number of hydrogen-bond acceptors (Lipinski definition) is 4. The Morgan fingerprint density at radius 1 is 1.24 bits per heavy atom. The Labute approximate surface area is 103 Å². The molecule has 1 heterocycles. The third-order valence-electron chi connectivity index (χ3n) is 4.63. The molecule has 0 unspecified atom stereocenters. The molecule has 0 saturated heterocycles. The summed E-state index contributed by atoms with van der Waals surface area (Å²) in [4.78, 5) is 8.36. The molecule has 0 aliphatic heterocycles. The number of nitrogens with one attached hydrogen (secondary N) is 1. The van der Waals surface area contributed by atoms with Crippen LogP contribution >= 0.6 is 0 Å². The zero-order valence-corrected chi connectivity index (χ0v) is 11.3. The molecule has 1 aromatic heterocycles. The Morgan fingerprint density at radius 2 is 1.82 bits per heavy atom. The molecular formula is C13H22N4. The van der Waals surface area contributed by atoms with Crippen molar-refractivity contribution in [1.29, 1.82) is 0 Å². The van der Waals surface area contributed by atoms with Crippen LogP contribution in [-0.4, -0.2) is 16.0 Å². The zero-order chi connectivity index (χ0) is 12.8. The summed E-state index contributed by atoms with van der Waals surface area (Å²) < 4.78 is 0. The van der Waals surface area contributed by atoms with Crippen LogP contribution in [-0.2, 0) is 6.42 Å². The molecule has 0 radical (unpaired) electrons. The molecule has 0 spiro atoms. The second kappa shape index (κ2) is 3.59. The Bertz CT molecular complexity index is 423. The van der Waals surface area contributed by atoms with E-state index in [0.717, 1.165) is 17.8 Å². The van der Waals surface area contributed by atoms with Crippen LogP contribution in [0, 0.1) is 10.8 Å². The van der Waals surface area contributed by atoms with E-state index >= 15 is 0 Å². The lowest BCUT2D eigenvalue weighted by atomic mass is 10.0. The van der Waals surface area contributed by atoms with Crippen molar-refractivity contribution in [2.45, 2.75) is 47.1 Å². The molecule has 1 aliphatic carbocycles. The predicted molar refractivity (Wildman–Crippen MR) is 70.8 cm³/mol. The van der Waals surface area contributed by atoms with Gasteiger partial charge in [-0.2, -0.15) is 0 Å². The quantitative estimate of drug-likeness (QED) is 0.843. The molecule has 0 aromatic carbocycles. The molecule has 0 atom stereocenters. The number of hydrogen-bond donors (Lipinski definition) is 2. The van der Waals surface area contributed by atoms with E-state index < -0.39 is 0 Å². The maximum absolute atomic E-state index is 5.87. The van der Waals surface area contributed by atoms with Crippen molar-refractivity contribution in [1.82, 2.24) is 9.97 Å². The van der Waals surface area contributed by atoms with E-state index in [2.05, 4.69) is 49.9 Å². The minimum atomic E-state index is 0.289. The Hall–Kier alpha value is -1.32. The van der Waals surface area contributed by atoms with Gasteiger partial charge in [0.1, 0.15) is 18.0 Å². The fraction of sp³-hybridized carbons (Fsp3) is 0.692. The number of nitrogens with two attached hydrogens (primary N) is 1. The van der Waals surface area contributed by atoms with Gasteiger partial charge >= 0.3 is 0 Å². The van der Waals surface area contributed by atoms with Crippen molar-refractivity contribution in [3.63, 3.8) is 0 Å². The average Bonchev–Trinajstić information content (AvgIpc) is 2.61. The summed E-state index contributed by atoms with van der Waals surface area (Å²) >= 11 is 0. The third-order valence-corrected chi connectivity index (χ3v) is 4.63. The van der Waals surface area contributed by atoms with Gasteiger partial charge in [0.05, 0.1) is 0 Å². The van der Waals surface area contributed by atoms with E-state index in [9.17, 15) is 0 Å². The molecule has 3 N–H and O–H groups in total. The summed E-state index contributed by atoms with van der Waals surface area (Å²) in [5, 5.41) is 3.53. The highest BCUT2D eigenvalue weighted by atomic mass is 15.1. The topological polar surface area (TPSA) is 63.8 Å². The third kappa shape index (κ3) is 1.66. The number of anilines is 2. The minimum Gasteiger partial charge on any atom is -0.383 e. The zero-order valence-electron chi connectivity index (χ0n) is 11.3. The van der Waals surface area contributed by atoms with Gasteiger partial charge in [-0.05, 0) is 17.3 Å². The number of nitrogens with zero attached hydrogens (tertiary/aromatic N) is 2. The summed E-state index contributed by atoms with van der Waals surface area (Å²) in [7, 11) is 0. The van der Waals surface area contributed by atoms with Gasteiger partial charge in [0.25, 0.3) is 0 Å². The lowest BCUT2D eigenvalue weighted by Crippen LogP contribution is -2.14. The Balaban J connectivity index is 2.24. The smallest absolute Gasteiger partial charge is 0.134 e. The summed E-state index contributed by atoms with van der Waals surface area (Å²) in [5.41, 5.74) is 7.47. The SMILES string of the molecule is CCc1c(N)ncnc1NC1C(C)(C)C1(C)C. The second-order valence-electron chi connectivity index (χ2n) is 5.96. The molecule has 1 aliphatic rings. The van der Waals surface area contributed by atoms with Crippen molar-refractivity contribution in [2.75, 3.05) is 11.1 Å². The number of nitrogen functional groups attached to an aromatic ring is 1. The van der Waals surface area contributed by atoms with Crippen LogP contribution < -0.4 is 11.1 Å². The monoisotopic (exact) mass is 234 g/mol. The van der Waals surface area contributed by atoms with Crippen LogP contribution in [0.25, 0.3) is 0 Å². The second-order valence-corrected chi connectivity index (χ2v) is 5.96. The fourth-order valence-corrected chi connectivity index (χ4v) is 2.59. The van der Waals surface area contributed by atoms with E-state index in [0.29, 0.717) is 11.9 Å². The van der Waals surface area contributed by atoms with Gasteiger partial charge in [-0.15, -0.1) is 0 Å². The molecule has 2 rings (SSSR count). The van der Waals surface area contributed by atoms with Crippen molar-refractivity contribution in [3.05, 3.63) is 11.9 Å². The lowest BCUT2D eigenvalue weighted by Gasteiger charge is -2.12. The summed E-state index contributed by atoms with van der Waals surface area (Å²) in [6.07, 6.45) is 2.38. The minimum absolute atomic E-state index is 0.289. The highest BCUT2D eigenvalue weighted by Gasteiger charge is 2.65.